The number of amides is 1. The van der Waals surface area contributed by atoms with Crippen molar-refractivity contribution in [3.63, 3.8) is 0 Å². The molecule has 7 nitrogen and oxygen atoms in total. The van der Waals surface area contributed by atoms with Crippen LogP contribution in [0.4, 0.5) is 13.2 Å². The highest BCUT2D eigenvalue weighted by molar-refractivity contribution is 7.91. The van der Waals surface area contributed by atoms with Crippen LogP contribution in [0.25, 0.3) is 11.0 Å². The lowest BCUT2D eigenvalue weighted by Gasteiger charge is -2.28. The molecule has 4 rings (SSSR count). The summed E-state index contributed by atoms with van der Waals surface area (Å²) < 4.78 is 70.6. The minimum atomic E-state index is -4.75. The average Bonchev–Trinajstić information content (AvgIpc) is 3.38. The predicted molar refractivity (Wildman–Crippen MR) is 101 cm³/mol. The number of furan rings is 1. The van der Waals surface area contributed by atoms with Crippen molar-refractivity contribution in [2.45, 2.75) is 31.7 Å². The molecular weight excluding hydrogens is 423 g/mol. The Morgan fingerprint density at radius 3 is 2.63 bits per heavy atom. The first-order valence-electron chi connectivity index (χ1n) is 9.19. The first kappa shape index (κ1) is 20.5. The zero-order valence-electron chi connectivity index (χ0n) is 15.7. The minimum absolute atomic E-state index is 0.0278. The molecule has 2 aromatic heterocycles. The number of imidazole rings is 1. The van der Waals surface area contributed by atoms with Crippen molar-refractivity contribution in [3.05, 3.63) is 54.2 Å². The number of fused-ring (bicyclic) bond motifs is 1. The molecule has 3 aromatic rings. The summed E-state index contributed by atoms with van der Waals surface area (Å²) in [5.74, 6) is -1.69. The summed E-state index contributed by atoms with van der Waals surface area (Å²) >= 11 is 0. The third-order valence-corrected chi connectivity index (χ3v) is 6.83. The number of hydrogen-bond acceptors (Lipinski definition) is 5. The summed E-state index contributed by atoms with van der Waals surface area (Å²) in [6.07, 6.45) is -3.11. The Morgan fingerprint density at radius 1 is 1.23 bits per heavy atom. The zero-order chi connectivity index (χ0) is 21.5. The standard InChI is InChI=1S/C19H18F3N3O4S/c20-19(21,22)18-23-15-5-1-2-6-16(15)25(18)11-17(26)24(10-14-4-3-8-29-14)13-7-9-30(27,28)12-13/h1-6,8,13H,7,9-12H2/t13-/m1/s1. The molecule has 1 amide bonds. The molecule has 1 aliphatic heterocycles. The van der Waals surface area contributed by atoms with Crippen LogP contribution in [0.2, 0.25) is 0 Å². The molecule has 1 fully saturated rings. The monoisotopic (exact) mass is 441 g/mol. The molecule has 1 aliphatic rings. The van der Waals surface area contributed by atoms with Gasteiger partial charge in [-0.25, -0.2) is 13.4 Å². The Morgan fingerprint density at radius 2 is 2.00 bits per heavy atom. The summed E-state index contributed by atoms with van der Waals surface area (Å²) in [7, 11) is -3.30. The van der Waals surface area contributed by atoms with Gasteiger partial charge >= 0.3 is 6.18 Å². The van der Waals surface area contributed by atoms with E-state index in [-0.39, 0.29) is 35.5 Å². The molecule has 0 radical (unpaired) electrons. The van der Waals surface area contributed by atoms with Crippen molar-refractivity contribution in [2.24, 2.45) is 0 Å². The van der Waals surface area contributed by atoms with Gasteiger partial charge in [0.25, 0.3) is 0 Å². The quantitative estimate of drug-likeness (QED) is 0.608. The Balaban J connectivity index is 1.69. The Kier molecular flexibility index (Phi) is 5.08. The van der Waals surface area contributed by atoms with E-state index in [9.17, 15) is 26.4 Å². The third-order valence-electron chi connectivity index (χ3n) is 5.08. The Hall–Kier alpha value is -2.82. The van der Waals surface area contributed by atoms with Crippen LogP contribution in [-0.4, -0.2) is 46.3 Å². The van der Waals surface area contributed by atoms with Gasteiger partial charge in [0.15, 0.2) is 9.84 Å². The van der Waals surface area contributed by atoms with Crippen LogP contribution < -0.4 is 0 Å². The average molecular weight is 441 g/mol. The van der Waals surface area contributed by atoms with E-state index in [0.29, 0.717) is 5.76 Å². The topological polar surface area (TPSA) is 85.4 Å². The molecule has 0 saturated carbocycles. The lowest BCUT2D eigenvalue weighted by atomic mass is 10.2. The molecule has 3 heterocycles. The maximum atomic E-state index is 13.5. The van der Waals surface area contributed by atoms with Gasteiger partial charge in [-0.3, -0.25) is 4.79 Å². The van der Waals surface area contributed by atoms with Gasteiger partial charge in [0.1, 0.15) is 12.3 Å². The van der Waals surface area contributed by atoms with Gasteiger partial charge in [0.05, 0.1) is 35.3 Å². The van der Waals surface area contributed by atoms with Crippen molar-refractivity contribution >= 4 is 26.8 Å². The number of nitrogens with zero attached hydrogens (tertiary/aromatic N) is 3. The largest absolute Gasteiger partial charge is 0.467 e. The number of halogens is 3. The first-order valence-corrected chi connectivity index (χ1v) is 11.0. The summed E-state index contributed by atoms with van der Waals surface area (Å²) in [5, 5.41) is 0. The summed E-state index contributed by atoms with van der Waals surface area (Å²) in [6, 6.07) is 8.64. The van der Waals surface area contributed by atoms with E-state index in [1.807, 2.05) is 0 Å². The first-order chi connectivity index (χ1) is 14.1. The highest BCUT2D eigenvalue weighted by atomic mass is 32.2. The number of carbonyl (C=O) groups is 1. The predicted octanol–water partition coefficient (Wildman–Crippen LogP) is 2.86. The highest BCUT2D eigenvalue weighted by Crippen LogP contribution is 2.32. The van der Waals surface area contributed by atoms with Gasteiger partial charge in [-0.2, -0.15) is 13.2 Å². The second-order valence-electron chi connectivity index (χ2n) is 7.17. The van der Waals surface area contributed by atoms with Crippen LogP contribution in [-0.2, 0) is 33.9 Å². The smallest absolute Gasteiger partial charge is 0.449 e. The molecule has 0 aliphatic carbocycles. The summed E-state index contributed by atoms with van der Waals surface area (Å²) in [6.45, 7) is -0.646. The van der Waals surface area contributed by atoms with Gasteiger partial charge in [0, 0.05) is 6.04 Å². The van der Waals surface area contributed by atoms with E-state index in [4.69, 9.17) is 4.42 Å². The fourth-order valence-electron chi connectivity index (χ4n) is 3.69. The van der Waals surface area contributed by atoms with E-state index in [1.165, 1.54) is 23.3 Å². The maximum Gasteiger partial charge on any atom is 0.449 e. The molecule has 1 atom stereocenters. The number of rotatable bonds is 5. The molecular formula is C19H18F3N3O4S. The normalized spacial score (nSPS) is 18.7. The lowest BCUT2D eigenvalue weighted by Crippen LogP contribution is -2.42. The van der Waals surface area contributed by atoms with Crippen LogP contribution in [0.3, 0.4) is 0 Å². The molecule has 0 bridgehead atoms. The molecule has 160 valence electrons. The number of hydrogen-bond donors (Lipinski definition) is 0. The Bertz CT molecular complexity index is 1170. The minimum Gasteiger partial charge on any atom is -0.467 e. The van der Waals surface area contributed by atoms with Crippen LogP contribution in [0, 0.1) is 0 Å². The van der Waals surface area contributed by atoms with Crippen LogP contribution in [0.5, 0.6) is 0 Å². The number of alkyl halides is 3. The van der Waals surface area contributed by atoms with Gasteiger partial charge in [-0.1, -0.05) is 12.1 Å². The molecule has 1 saturated heterocycles. The van der Waals surface area contributed by atoms with Gasteiger partial charge < -0.3 is 13.9 Å². The fourth-order valence-corrected chi connectivity index (χ4v) is 5.42. The summed E-state index contributed by atoms with van der Waals surface area (Å²) in [4.78, 5) is 18.1. The van der Waals surface area contributed by atoms with Gasteiger partial charge in [-0.15, -0.1) is 0 Å². The number of benzene rings is 1. The highest BCUT2D eigenvalue weighted by Gasteiger charge is 2.40. The molecule has 30 heavy (non-hydrogen) atoms. The van der Waals surface area contributed by atoms with Crippen molar-refractivity contribution in [3.8, 4) is 0 Å². The van der Waals surface area contributed by atoms with Crippen molar-refractivity contribution in [1.29, 1.82) is 0 Å². The number of aromatic nitrogens is 2. The molecule has 0 spiro atoms. The van der Waals surface area contributed by atoms with Crippen molar-refractivity contribution in [1.82, 2.24) is 14.5 Å². The van der Waals surface area contributed by atoms with Crippen LogP contribution in [0.15, 0.2) is 47.1 Å². The number of carbonyl (C=O) groups excluding carboxylic acids is 1. The SMILES string of the molecule is O=C(Cn1c(C(F)(F)F)nc2ccccc21)N(Cc1ccco1)[C@@H]1CCS(=O)(=O)C1. The zero-order valence-corrected chi connectivity index (χ0v) is 16.5. The van der Waals surface area contributed by atoms with E-state index < -0.39 is 40.3 Å². The number of para-hydroxylation sites is 2. The fraction of sp³-hybridized carbons (Fsp3) is 0.368. The van der Waals surface area contributed by atoms with Crippen molar-refractivity contribution < 1.29 is 30.8 Å². The third kappa shape index (κ3) is 4.07. The van der Waals surface area contributed by atoms with Gasteiger partial charge in [0.2, 0.25) is 11.7 Å². The Labute approximate surface area is 170 Å². The molecule has 0 N–H and O–H groups in total. The molecule has 11 heteroatoms. The molecule has 0 unspecified atom stereocenters. The number of sulfone groups is 1. The second kappa shape index (κ2) is 7.46. The van der Waals surface area contributed by atoms with E-state index in [1.54, 1.807) is 24.3 Å². The van der Waals surface area contributed by atoms with E-state index in [0.717, 1.165) is 4.57 Å². The lowest BCUT2D eigenvalue weighted by molar-refractivity contribution is -0.148. The van der Waals surface area contributed by atoms with E-state index >= 15 is 0 Å². The summed E-state index contributed by atoms with van der Waals surface area (Å²) in [5.41, 5.74) is 0.300. The maximum absolute atomic E-state index is 13.5. The van der Waals surface area contributed by atoms with Crippen molar-refractivity contribution in [2.75, 3.05) is 11.5 Å². The molecule has 1 aromatic carbocycles. The van der Waals surface area contributed by atoms with Gasteiger partial charge in [-0.05, 0) is 30.7 Å². The van der Waals surface area contributed by atoms with Crippen LogP contribution >= 0.6 is 0 Å². The van der Waals surface area contributed by atoms with Crippen LogP contribution in [0.1, 0.15) is 18.0 Å². The van der Waals surface area contributed by atoms with E-state index in [2.05, 4.69) is 4.98 Å². The second-order valence-corrected chi connectivity index (χ2v) is 9.39.